The predicted octanol–water partition coefficient (Wildman–Crippen LogP) is 3.79. The third-order valence-electron chi connectivity index (χ3n) is 3.79. The summed E-state index contributed by atoms with van der Waals surface area (Å²) < 4.78 is 37.4. The van der Waals surface area contributed by atoms with E-state index >= 15 is 0 Å². The first kappa shape index (κ1) is 15.0. The number of hydrogen-bond acceptors (Lipinski definition) is 3. The van der Waals surface area contributed by atoms with Crippen LogP contribution in [0.2, 0.25) is 0 Å². The normalized spacial score (nSPS) is 18.7. The lowest BCUT2D eigenvalue weighted by Crippen LogP contribution is -2.28. The van der Waals surface area contributed by atoms with Crippen molar-refractivity contribution in [3.05, 3.63) is 52.0 Å². The van der Waals surface area contributed by atoms with Crippen LogP contribution in [0.15, 0.2) is 35.2 Å². The zero-order chi connectivity index (χ0) is 15.7. The predicted molar refractivity (Wildman–Crippen MR) is 76.8 cm³/mol. The molecule has 0 spiro atoms. The molecule has 3 rings (SSSR count). The van der Waals surface area contributed by atoms with Gasteiger partial charge in [-0.3, -0.25) is 9.78 Å². The van der Waals surface area contributed by atoms with Gasteiger partial charge in [0.25, 0.3) is 5.91 Å². The van der Waals surface area contributed by atoms with E-state index in [4.69, 9.17) is 0 Å². The van der Waals surface area contributed by atoms with Gasteiger partial charge in [0, 0.05) is 25.2 Å². The van der Waals surface area contributed by atoms with E-state index in [1.54, 1.807) is 16.2 Å². The van der Waals surface area contributed by atoms with Crippen LogP contribution in [0.5, 0.6) is 0 Å². The summed E-state index contributed by atoms with van der Waals surface area (Å²) in [4.78, 5) is 17.3. The van der Waals surface area contributed by atoms with Gasteiger partial charge < -0.3 is 4.90 Å². The van der Waals surface area contributed by atoms with E-state index < -0.39 is 11.9 Å². The van der Waals surface area contributed by atoms with E-state index in [1.807, 2.05) is 11.4 Å². The van der Waals surface area contributed by atoms with Crippen LogP contribution in [-0.4, -0.2) is 28.9 Å². The first-order chi connectivity index (χ1) is 10.4. The molecule has 3 nitrogen and oxygen atoms in total. The van der Waals surface area contributed by atoms with Gasteiger partial charge in [-0.25, -0.2) is 0 Å². The van der Waals surface area contributed by atoms with Crippen LogP contribution in [0.1, 0.15) is 34.0 Å². The molecule has 1 aliphatic heterocycles. The third kappa shape index (κ3) is 2.99. The summed E-state index contributed by atoms with van der Waals surface area (Å²) in [5, 5.41) is 4.07. The van der Waals surface area contributed by atoms with Crippen molar-refractivity contribution in [3.8, 4) is 0 Å². The summed E-state index contributed by atoms with van der Waals surface area (Å²) >= 11 is 1.62. The van der Waals surface area contributed by atoms with Crippen LogP contribution in [0.4, 0.5) is 13.2 Å². The summed E-state index contributed by atoms with van der Waals surface area (Å²) in [6, 6.07) is 4.08. The van der Waals surface area contributed by atoms with Gasteiger partial charge in [-0.05, 0) is 40.9 Å². The number of thiophene rings is 1. The number of rotatable bonds is 2. The fourth-order valence-electron chi connectivity index (χ4n) is 2.59. The highest BCUT2D eigenvalue weighted by molar-refractivity contribution is 7.07. The molecule has 0 radical (unpaired) electrons. The Balaban J connectivity index is 1.70. The Hall–Kier alpha value is -1.89. The van der Waals surface area contributed by atoms with Crippen LogP contribution in [0, 0.1) is 0 Å². The summed E-state index contributed by atoms with van der Waals surface area (Å²) in [5.41, 5.74) is 0.423. The summed E-state index contributed by atoms with van der Waals surface area (Å²) in [6.45, 7) is 1.21. The Kier molecular flexibility index (Phi) is 3.90. The van der Waals surface area contributed by atoms with Gasteiger partial charge in [0.05, 0.1) is 5.56 Å². The van der Waals surface area contributed by atoms with Crippen LogP contribution in [-0.2, 0) is 6.18 Å². The molecule has 1 amide bonds. The van der Waals surface area contributed by atoms with Crippen molar-refractivity contribution in [1.82, 2.24) is 9.88 Å². The fourth-order valence-corrected chi connectivity index (χ4v) is 3.34. The molecule has 0 aliphatic carbocycles. The maximum atomic E-state index is 12.5. The number of aromatic nitrogens is 1. The minimum atomic E-state index is -4.49. The van der Waals surface area contributed by atoms with E-state index in [0.29, 0.717) is 19.0 Å². The van der Waals surface area contributed by atoms with E-state index in [-0.39, 0.29) is 11.5 Å². The van der Waals surface area contributed by atoms with Gasteiger partial charge in [0.2, 0.25) is 0 Å². The Morgan fingerprint density at radius 2 is 2.14 bits per heavy atom. The number of hydrogen-bond donors (Lipinski definition) is 0. The number of likely N-dealkylation sites (tertiary alicyclic amines) is 1. The van der Waals surface area contributed by atoms with Crippen molar-refractivity contribution in [2.24, 2.45) is 0 Å². The lowest BCUT2D eigenvalue weighted by Gasteiger charge is -2.16. The molecule has 116 valence electrons. The molecule has 3 heterocycles. The highest BCUT2D eigenvalue weighted by Crippen LogP contribution is 2.30. The minimum Gasteiger partial charge on any atom is -0.338 e. The van der Waals surface area contributed by atoms with Crippen molar-refractivity contribution in [2.75, 3.05) is 13.1 Å². The number of nitrogens with zero attached hydrogens (tertiary/aromatic N) is 2. The lowest BCUT2D eigenvalue weighted by molar-refractivity contribution is -0.141. The van der Waals surface area contributed by atoms with Crippen molar-refractivity contribution < 1.29 is 18.0 Å². The number of halogens is 3. The molecule has 2 aromatic rings. The van der Waals surface area contributed by atoms with Gasteiger partial charge in [-0.1, -0.05) is 0 Å². The van der Waals surface area contributed by atoms with Crippen LogP contribution in [0.25, 0.3) is 0 Å². The second-order valence-corrected chi connectivity index (χ2v) is 6.00. The zero-order valence-electron chi connectivity index (χ0n) is 11.5. The Bertz CT molecular complexity index is 652. The van der Waals surface area contributed by atoms with E-state index in [1.165, 1.54) is 11.6 Å². The molecule has 0 aromatic carbocycles. The summed E-state index contributed by atoms with van der Waals surface area (Å²) in [6.07, 6.45) is -2.61. The highest BCUT2D eigenvalue weighted by Gasteiger charge is 2.33. The summed E-state index contributed by atoms with van der Waals surface area (Å²) in [5.74, 6) is 0.0385. The monoisotopic (exact) mass is 326 g/mol. The molecule has 0 saturated carbocycles. The van der Waals surface area contributed by atoms with Crippen molar-refractivity contribution >= 4 is 17.2 Å². The summed E-state index contributed by atoms with van der Waals surface area (Å²) in [7, 11) is 0. The van der Waals surface area contributed by atoms with E-state index in [0.717, 1.165) is 18.7 Å². The lowest BCUT2D eigenvalue weighted by atomic mass is 10.0. The van der Waals surface area contributed by atoms with Crippen LogP contribution >= 0.6 is 11.3 Å². The first-order valence-electron chi connectivity index (χ1n) is 6.80. The molecule has 1 unspecified atom stereocenters. The first-order valence-corrected chi connectivity index (χ1v) is 7.74. The molecule has 1 aliphatic rings. The van der Waals surface area contributed by atoms with Gasteiger partial charge in [0.15, 0.2) is 0 Å². The number of carbonyl (C=O) groups is 1. The average molecular weight is 326 g/mol. The third-order valence-corrected chi connectivity index (χ3v) is 4.49. The molecule has 0 N–H and O–H groups in total. The van der Waals surface area contributed by atoms with Gasteiger partial charge >= 0.3 is 6.18 Å². The van der Waals surface area contributed by atoms with E-state index in [2.05, 4.69) is 10.4 Å². The van der Waals surface area contributed by atoms with Gasteiger partial charge in [-0.2, -0.15) is 24.5 Å². The molecule has 2 aromatic heterocycles. The van der Waals surface area contributed by atoms with Crippen molar-refractivity contribution in [2.45, 2.75) is 18.5 Å². The average Bonchev–Trinajstić information content (AvgIpc) is 3.16. The molecular formula is C15H13F3N2OS. The Labute approximate surface area is 129 Å². The second-order valence-electron chi connectivity index (χ2n) is 5.22. The van der Waals surface area contributed by atoms with Crippen molar-refractivity contribution in [1.29, 1.82) is 0 Å². The number of pyridine rings is 1. The van der Waals surface area contributed by atoms with Crippen LogP contribution in [0.3, 0.4) is 0 Å². The number of alkyl halides is 3. The maximum absolute atomic E-state index is 12.5. The second kappa shape index (κ2) is 5.72. The standard InChI is InChI=1S/C15H13F3N2OS/c16-15(17,18)13-2-1-10(7-19-13)14(21)20-5-3-11(8-20)12-4-6-22-9-12/h1-2,4,6-7,9,11H,3,5,8H2. The smallest absolute Gasteiger partial charge is 0.338 e. The zero-order valence-corrected chi connectivity index (χ0v) is 12.3. The molecule has 7 heteroatoms. The number of amides is 1. The molecule has 1 atom stereocenters. The van der Waals surface area contributed by atoms with Gasteiger partial charge in [0.1, 0.15) is 5.69 Å². The molecule has 0 bridgehead atoms. The van der Waals surface area contributed by atoms with E-state index in [9.17, 15) is 18.0 Å². The highest BCUT2D eigenvalue weighted by atomic mass is 32.1. The molecule has 1 saturated heterocycles. The quantitative estimate of drug-likeness (QED) is 0.841. The van der Waals surface area contributed by atoms with Crippen molar-refractivity contribution in [3.63, 3.8) is 0 Å². The fraction of sp³-hybridized carbons (Fsp3) is 0.333. The number of carbonyl (C=O) groups excluding carboxylic acids is 1. The maximum Gasteiger partial charge on any atom is 0.433 e. The Morgan fingerprint density at radius 1 is 1.32 bits per heavy atom. The molecular weight excluding hydrogens is 313 g/mol. The largest absolute Gasteiger partial charge is 0.433 e. The minimum absolute atomic E-state index is 0.193. The van der Waals surface area contributed by atoms with Gasteiger partial charge in [-0.15, -0.1) is 0 Å². The molecule has 22 heavy (non-hydrogen) atoms. The SMILES string of the molecule is O=C(c1ccc(C(F)(F)F)nc1)N1CCC(c2ccsc2)C1. The molecule has 1 fully saturated rings. The van der Waals surface area contributed by atoms with Crippen LogP contribution < -0.4 is 0 Å². The topological polar surface area (TPSA) is 33.2 Å². The Morgan fingerprint density at radius 3 is 2.73 bits per heavy atom.